The Balaban J connectivity index is 1.38. The molecular formula is C27H35N7O3S. The lowest BCUT2D eigenvalue weighted by Crippen LogP contribution is -2.54. The lowest BCUT2D eigenvalue weighted by molar-refractivity contribution is -0.0493. The minimum atomic E-state index is -3.45. The van der Waals surface area contributed by atoms with Gasteiger partial charge in [0.15, 0.2) is 21.3 Å². The van der Waals surface area contributed by atoms with Gasteiger partial charge in [-0.2, -0.15) is 0 Å². The third kappa shape index (κ3) is 6.73. The van der Waals surface area contributed by atoms with E-state index in [1.54, 1.807) is 36.4 Å². The molecule has 0 spiro atoms. The van der Waals surface area contributed by atoms with Crippen LogP contribution in [0.25, 0.3) is 11.3 Å². The fourth-order valence-corrected chi connectivity index (χ4v) is 5.77. The maximum atomic E-state index is 13.0. The molecule has 38 heavy (non-hydrogen) atoms. The number of nitrogens with one attached hydrogen (secondary N) is 1. The molecule has 3 N–H and O–H groups in total. The molecule has 1 aliphatic heterocycles. The third-order valence-electron chi connectivity index (χ3n) is 6.71. The first-order valence-corrected chi connectivity index (χ1v) is 14.5. The summed E-state index contributed by atoms with van der Waals surface area (Å²) in [5, 5.41) is 7.42. The summed E-state index contributed by atoms with van der Waals surface area (Å²) in [6.07, 6.45) is 1.47. The number of amides is 1. The highest BCUT2D eigenvalue weighted by Crippen LogP contribution is 2.22. The summed E-state index contributed by atoms with van der Waals surface area (Å²) in [4.78, 5) is 23.7. The minimum absolute atomic E-state index is 0.00384. The van der Waals surface area contributed by atoms with Crippen molar-refractivity contribution in [3.05, 3.63) is 66.5 Å². The molecule has 2 aromatic carbocycles. The van der Waals surface area contributed by atoms with Crippen molar-refractivity contribution in [3.8, 4) is 11.3 Å². The normalized spacial score (nSPS) is 15.0. The Kier molecular flexibility index (Phi) is 9.05. The van der Waals surface area contributed by atoms with Gasteiger partial charge in [-0.05, 0) is 24.3 Å². The average Bonchev–Trinajstić information content (AvgIpc) is 2.94. The number of para-hydroxylation sites is 1. The van der Waals surface area contributed by atoms with E-state index in [1.165, 1.54) is 6.20 Å². The van der Waals surface area contributed by atoms with E-state index in [1.807, 2.05) is 18.2 Å². The number of sulfone groups is 1. The van der Waals surface area contributed by atoms with E-state index in [4.69, 9.17) is 5.73 Å². The fourth-order valence-electron chi connectivity index (χ4n) is 4.48. The van der Waals surface area contributed by atoms with Gasteiger partial charge >= 0.3 is 0 Å². The second-order valence-electron chi connectivity index (χ2n) is 9.09. The number of carbonyl (C=O) groups excluding carboxylic acids is 1. The van der Waals surface area contributed by atoms with Crippen molar-refractivity contribution in [2.45, 2.75) is 18.7 Å². The van der Waals surface area contributed by atoms with Crippen LogP contribution in [0, 0.1) is 0 Å². The van der Waals surface area contributed by atoms with Crippen LogP contribution in [0.15, 0.2) is 65.7 Å². The molecule has 2 heterocycles. The smallest absolute Gasteiger partial charge is 0.278 e. The van der Waals surface area contributed by atoms with E-state index in [2.05, 4.69) is 44.0 Å². The Morgan fingerprint density at radius 2 is 1.66 bits per heavy atom. The molecule has 4 rings (SSSR count). The van der Waals surface area contributed by atoms with Gasteiger partial charge in [0, 0.05) is 57.1 Å². The molecule has 1 fully saturated rings. The summed E-state index contributed by atoms with van der Waals surface area (Å²) >= 11 is 0. The minimum Gasteiger partial charge on any atom is -0.382 e. The van der Waals surface area contributed by atoms with Crippen LogP contribution in [-0.2, 0) is 9.84 Å². The van der Waals surface area contributed by atoms with Crippen molar-refractivity contribution < 1.29 is 13.2 Å². The molecule has 3 aromatic rings. The summed E-state index contributed by atoms with van der Waals surface area (Å²) < 4.78 is 26.0. The van der Waals surface area contributed by atoms with Gasteiger partial charge in [0.05, 0.1) is 22.5 Å². The molecular weight excluding hydrogens is 502 g/mol. The van der Waals surface area contributed by atoms with Crippen LogP contribution in [0.1, 0.15) is 24.3 Å². The van der Waals surface area contributed by atoms with E-state index >= 15 is 0 Å². The molecule has 1 aliphatic rings. The van der Waals surface area contributed by atoms with Crippen LogP contribution in [0.2, 0.25) is 0 Å². The number of carbonyl (C=O) groups is 1. The third-order valence-corrected chi connectivity index (χ3v) is 8.42. The van der Waals surface area contributed by atoms with Gasteiger partial charge in [-0.15, -0.1) is 0 Å². The Hall–Kier alpha value is -3.38. The van der Waals surface area contributed by atoms with Gasteiger partial charge in [-0.1, -0.05) is 44.2 Å². The summed E-state index contributed by atoms with van der Waals surface area (Å²) in [6.45, 7) is 10.3. The van der Waals surface area contributed by atoms with Crippen molar-refractivity contribution in [1.29, 1.82) is 0 Å². The number of benzene rings is 2. The zero-order chi connectivity index (χ0) is 27.1. The lowest BCUT2D eigenvalue weighted by Gasteiger charge is -2.40. The topological polar surface area (TPSA) is 125 Å². The molecule has 0 aliphatic carbocycles. The zero-order valence-electron chi connectivity index (χ0n) is 21.9. The number of aromatic nitrogens is 2. The second-order valence-corrected chi connectivity index (χ2v) is 11.2. The van der Waals surface area contributed by atoms with Gasteiger partial charge in [0.2, 0.25) is 0 Å². The zero-order valence-corrected chi connectivity index (χ0v) is 22.7. The second kappa shape index (κ2) is 12.4. The van der Waals surface area contributed by atoms with Crippen LogP contribution in [0.4, 0.5) is 11.5 Å². The average molecular weight is 538 g/mol. The number of nitrogen functional groups attached to an aromatic ring is 1. The number of nitrogens with two attached hydrogens (primary N) is 1. The molecule has 0 radical (unpaired) electrons. The Bertz CT molecular complexity index is 1320. The van der Waals surface area contributed by atoms with Crippen molar-refractivity contribution in [2.75, 3.05) is 62.6 Å². The van der Waals surface area contributed by atoms with Crippen molar-refractivity contribution in [3.63, 3.8) is 0 Å². The fraction of sp³-hybridized carbons (Fsp3) is 0.370. The van der Waals surface area contributed by atoms with Gasteiger partial charge in [-0.25, -0.2) is 28.4 Å². The molecule has 0 atom stereocenters. The lowest BCUT2D eigenvalue weighted by atomic mass is 10.1. The van der Waals surface area contributed by atoms with Gasteiger partial charge in [-0.3, -0.25) is 9.69 Å². The predicted molar refractivity (Wildman–Crippen MR) is 149 cm³/mol. The van der Waals surface area contributed by atoms with E-state index < -0.39 is 15.7 Å². The molecule has 202 valence electrons. The highest BCUT2D eigenvalue weighted by atomic mass is 32.2. The molecule has 0 bridgehead atoms. The number of piperazine rings is 1. The largest absolute Gasteiger partial charge is 0.382 e. The summed E-state index contributed by atoms with van der Waals surface area (Å²) in [7, 11) is -3.45. The maximum absolute atomic E-state index is 13.0. The number of anilines is 2. The van der Waals surface area contributed by atoms with Gasteiger partial charge in [0.1, 0.15) is 0 Å². The first-order chi connectivity index (χ1) is 18.3. The first kappa shape index (κ1) is 27.6. The summed E-state index contributed by atoms with van der Waals surface area (Å²) in [5.41, 5.74) is 7.59. The summed E-state index contributed by atoms with van der Waals surface area (Å²) in [6, 6.07) is 15.5. The van der Waals surface area contributed by atoms with Crippen LogP contribution in [-0.4, -0.2) is 90.8 Å². The monoisotopic (exact) mass is 537 g/mol. The van der Waals surface area contributed by atoms with Crippen LogP contribution in [0.3, 0.4) is 0 Å². The Morgan fingerprint density at radius 3 is 2.29 bits per heavy atom. The van der Waals surface area contributed by atoms with E-state index in [-0.39, 0.29) is 22.2 Å². The number of hydrogen-bond donors (Lipinski definition) is 2. The van der Waals surface area contributed by atoms with Crippen molar-refractivity contribution in [1.82, 2.24) is 24.9 Å². The number of hydrazine groups is 1. The maximum Gasteiger partial charge on any atom is 0.278 e. The van der Waals surface area contributed by atoms with Crippen LogP contribution < -0.4 is 11.1 Å². The van der Waals surface area contributed by atoms with Crippen molar-refractivity contribution in [2.24, 2.45) is 0 Å². The SMILES string of the molecule is CCN(CC)N1CCN(CCS(=O)(=O)c2ccc(-c3cnc(N)c(C(=O)Nc4ccccc4)n3)cc2)CC1. The van der Waals surface area contributed by atoms with E-state index in [9.17, 15) is 13.2 Å². The standard InChI is InChI=1S/C27H35N7O3S/c1-3-33(4-2)34-16-14-32(15-17-34)18-19-38(36,37)23-12-10-21(11-13-23)24-20-29-26(28)25(31-24)27(35)30-22-8-6-5-7-9-22/h5-13,20H,3-4,14-19H2,1-2H3,(H2,28,29)(H,30,35). The summed E-state index contributed by atoms with van der Waals surface area (Å²) in [5.74, 6) is -0.400. The number of rotatable bonds is 10. The van der Waals surface area contributed by atoms with Crippen LogP contribution in [0.5, 0.6) is 0 Å². The predicted octanol–water partition coefficient (Wildman–Crippen LogP) is 2.63. The molecule has 1 saturated heterocycles. The highest BCUT2D eigenvalue weighted by molar-refractivity contribution is 7.91. The quantitative estimate of drug-likeness (QED) is 0.401. The molecule has 1 aromatic heterocycles. The molecule has 1 amide bonds. The molecule has 11 heteroatoms. The highest BCUT2D eigenvalue weighted by Gasteiger charge is 2.23. The van der Waals surface area contributed by atoms with Crippen LogP contribution >= 0.6 is 0 Å². The Labute approximate surface area is 224 Å². The van der Waals surface area contributed by atoms with Crippen molar-refractivity contribution >= 4 is 27.2 Å². The number of nitrogens with zero attached hydrogens (tertiary/aromatic N) is 5. The first-order valence-electron chi connectivity index (χ1n) is 12.8. The van der Waals surface area contributed by atoms with Gasteiger partial charge < -0.3 is 11.1 Å². The van der Waals surface area contributed by atoms with E-state index in [0.29, 0.717) is 23.5 Å². The number of hydrogen-bond acceptors (Lipinski definition) is 9. The molecule has 0 unspecified atom stereocenters. The molecule has 0 saturated carbocycles. The van der Waals surface area contributed by atoms with E-state index in [0.717, 1.165) is 39.3 Å². The van der Waals surface area contributed by atoms with Gasteiger partial charge in [0.25, 0.3) is 5.91 Å². The molecule has 10 nitrogen and oxygen atoms in total. The Morgan fingerprint density at radius 1 is 1.00 bits per heavy atom.